The maximum absolute atomic E-state index is 10.6. The van der Waals surface area contributed by atoms with Crippen LogP contribution in [0.2, 0.25) is 0 Å². The molecule has 2 rings (SSSR count). The molecule has 19 heavy (non-hydrogen) atoms. The smallest absolute Gasteiger partial charge is 0.311 e. The average Bonchev–Trinajstić information content (AvgIpc) is 2.39. The summed E-state index contributed by atoms with van der Waals surface area (Å²) in [6, 6.07) is 10.7. The lowest BCUT2D eigenvalue weighted by Gasteiger charge is -2.07. The topological polar surface area (TPSA) is 94.1 Å². The van der Waals surface area contributed by atoms with Gasteiger partial charge in [-0.25, -0.2) is 4.98 Å². The summed E-state index contributed by atoms with van der Waals surface area (Å²) in [5.41, 5.74) is 7.44. The molecule has 0 bridgehead atoms. The van der Waals surface area contributed by atoms with Gasteiger partial charge in [0, 0.05) is 11.8 Å². The number of hydrogen-bond donors (Lipinski definition) is 2. The van der Waals surface area contributed by atoms with Crippen LogP contribution in [0.5, 0.6) is 0 Å². The standard InChI is InChI=1S/C13H14N4O2/c1-2-9-3-5-10(6-4-9)15-12-8-7-11(17(18)19)13(14)16-12/h3-8H,2H2,1H3,(H3,14,15,16). The largest absolute Gasteiger partial charge is 0.378 e. The number of nitrogens with two attached hydrogens (primary N) is 1. The first-order valence-electron chi connectivity index (χ1n) is 5.87. The van der Waals surface area contributed by atoms with Crippen LogP contribution in [0.1, 0.15) is 12.5 Å². The van der Waals surface area contributed by atoms with Gasteiger partial charge in [0.15, 0.2) is 0 Å². The Bertz CT molecular complexity index is 596. The van der Waals surface area contributed by atoms with Crippen LogP contribution in [0.25, 0.3) is 0 Å². The second-order valence-corrected chi connectivity index (χ2v) is 4.03. The fourth-order valence-electron chi connectivity index (χ4n) is 1.66. The molecule has 2 aromatic rings. The second-order valence-electron chi connectivity index (χ2n) is 4.03. The number of pyridine rings is 1. The first kappa shape index (κ1) is 12.8. The van der Waals surface area contributed by atoms with E-state index in [1.54, 1.807) is 0 Å². The predicted molar refractivity (Wildman–Crippen MR) is 74.4 cm³/mol. The van der Waals surface area contributed by atoms with Crippen molar-refractivity contribution >= 4 is 23.0 Å². The van der Waals surface area contributed by atoms with E-state index in [4.69, 9.17) is 5.73 Å². The first-order chi connectivity index (χ1) is 9.10. The van der Waals surface area contributed by atoms with Gasteiger partial charge >= 0.3 is 5.69 Å². The molecule has 0 atom stereocenters. The molecule has 0 spiro atoms. The minimum Gasteiger partial charge on any atom is -0.378 e. The lowest BCUT2D eigenvalue weighted by Crippen LogP contribution is -2.01. The summed E-state index contributed by atoms with van der Waals surface area (Å²) in [6.45, 7) is 2.08. The SMILES string of the molecule is CCc1ccc(Nc2ccc([N+](=O)[O-])c(N)n2)cc1. The number of anilines is 3. The van der Waals surface area contributed by atoms with E-state index < -0.39 is 4.92 Å². The molecular formula is C13H14N4O2. The van der Waals surface area contributed by atoms with Crippen LogP contribution >= 0.6 is 0 Å². The van der Waals surface area contributed by atoms with Crippen LogP contribution in [-0.4, -0.2) is 9.91 Å². The Hall–Kier alpha value is -2.63. The van der Waals surface area contributed by atoms with Crippen molar-refractivity contribution < 1.29 is 4.92 Å². The molecule has 0 amide bonds. The highest BCUT2D eigenvalue weighted by Gasteiger charge is 2.12. The molecule has 0 unspecified atom stereocenters. The molecular weight excluding hydrogens is 244 g/mol. The van der Waals surface area contributed by atoms with Gasteiger partial charge in [-0.3, -0.25) is 10.1 Å². The zero-order valence-corrected chi connectivity index (χ0v) is 10.5. The van der Waals surface area contributed by atoms with Gasteiger partial charge in [0.25, 0.3) is 0 Å². The zero-order chi connectivity index (χ0) is 13.8. The summed E-state index contributed by atoms with van der Waals surface area (Å²) in [4.78, 5) is 14.0. The zero-order valence-electron chi connectivity index (χ0n) is 10.5. The summed E-state index contributed by atoms with van der Waals surface area (Å²) in [5.74, 6) is 0.382. The third-order valence-electron chi connectivity index (χ3n) is 2.73. The van der Waals surface area contributed by atoms with Crippen LogP contribution in [0.15, 0.2) is 36.4 Å². The fraction of sp³-hybridized carbons (Fsp3) is 0.154. The van der Waals surface area contributed by atoms with Crippen LogP contribution in [0, 0.1) is 10.1 Å². The van der Waals surface area contributed by atoms with Crippen molar-refractivity contribution in [3.05, 3.63) is 52.1 Å². The van der Waals surface area contributed by atoms with Crippen LogP contribution in [0.4, 0.5) is 23.0 Å². The molecule has 1 aromatic carbocycles. The van der Waals surface area contributed by atoms with Gasteiger partial charge in [0.2, 0.25) is 5.82 Å². The van der Waals surface area contributed by atoms with Gasteiger partial charge in [-0.05, 0) is 30.2 Å². The Morgan fingerprint density at radius 2 is 1.95 bits per heavy atom. The molecule has 1 heterocycles. The number of aromatic nitrogens is 1. The maximum Gasteiger partial charge on any atom is 0.311 e. The lowest BCUT2D eigenvalue weighted by atomic mass is 10.1. The fourth-order valence-corrected chi connectivity index (χ4v) is 1.66. The van der Waals surface area contributed by atoms with Crippen molar-refractivity contribution in [1.29, 1.82) is 0 Å². The van der Waals surface area contributed by atoms with Crippen molar-refractivity contribution in [1.82, 2.24) is 4.98 Å². The Morgan fingerprint density at radius 1 is 1.26 bits per heavy atom. The van der Waals surface area contributed by atoms with E-state index in [2.05, 4.69) is 17.2 Å². The number of rotatable bonds is 4. The Labute approximate surface area is 110 Å². The summed E-state index contributed by atoms with van der Waals surface area (Å²) >= 11 is 0. The third kappa shape index (κ3) is 2.98. The average molecular weight is 258 g/mol. The van der Waals surface area contributed by atoms with Gasteiger partial charge in [-0.1, -0.05) is 19.1 Å². The molecule has 0 radical (unpaired) electrons. The molecule has 3 N–H and O–H groups in total. The highest BCUT2D eigenvalue weighted by molar-refractivity contribution is 5.62. The normalized spacial score (nSPS) is 10.2. The first-order valence-corrected chi connectivity index (χ1v) is 5.87. The molecule has 6 heteroatoms. The number of benzene rings is 1. The highest BCUT2D eigenvalue weighted by Crippen LogP contribution is 2.23. The quantitative estimate of drug-likeness (QED) is 0.649. The Morgan fingerprint density at radius 3 is 2.47 bits per heavy atom. The van der Waals surface area contributed by atoms with Gasteiger partial charge in [-0.2, -0.15) is 0 Å². The Balaban J connectivity index is 2.18. The number of nitrogens with one attached hydrogen (secondary N) is 1. The molecule has 0 aliphatic carbocycles. The highest BCUT2D eigenvalue weighted by atomic mass is 16.6. The van der Waals surface area contributed by atoms with Gasteiger partial charge < -0.3 is 11.1 Å². The number of nitrogens with zero attached hydrogens (tertiary/aromatic N) is 2. The van der Waals surface area contributed by atoms with Crippen LogP contribution in [-0.2, 0) is 6.42 Å². The summed E-state index contributed by atoms with van der Waals surface area (Å²) in [6.07, 6.45) is 0.975. The van der Waals surface area contributed by atoms with Crippen LogP contribution < -0.4 is 11.1 Å². The van der Waals surface area contributed by atoms with Gasteiger partial charge in [0.1, 0.15) is 5.82 Å². The number of nitrogen functional groups attached to an aromatic ring is 1. The van der Waals surface area contributed by atoms with Crippen molar-refractivity contribution in [3.63, 3.8) is 0 Å². The molecule has 0 fully saturated rings. The number of hydrogen-bond acceptors (Lipinski definition) is 5. The minimum atomic E-state index is -0.553. The monoisotopic (exact) mass is 258 g/mol. The van der Waals surface area contributed by atoms with E-state index in [-0.39, 0.29) is 11.5 Å². The molecule has 0 aliphatic heterocycles. The molecule has 0 saturated carbocycles. The van der Waals surface area contributed by atoms with E-state index >= 15 is 0 Å². The summed E-state index contributed by atoms with van der Waals surface area (Å²) in [5, 5.41) is 13.7. The van der Waals surface area contributed by atoms with E-state index in [1.807, 2.05) is 24.3 Å². The maximum atomic E-state index is 10.6. The lowest BCUT2D eigenvalue weighted by molar-refractivity contribution is -0.384. The van der Waals surface area contributed by atoms with Crippen molar-refractivity contribution in [2.75, 3.05) is 11.1 Å². The molecule has 98 valence electrons. The van der Waals surface area contributed by atoms with Gasteiger partial charge in [-0.15, -0.1) is 0 Å². The van der Waals surface area contributed by atoms with Crippen molar-refractivity contribution in [2.24, 2.45) is 0 Å². The van der Waals surface area contributed by atoms with Crippen LogP contribution in [0.3, 0.4) is 0 Å². The summed E-state index contributed by atoms with van der Waals surface area (Å²) < 4.78 is 0. The van der Waals surface area contributed by atoms with E-state index in [1.165, 1.54) is 17.7 Å². The third-order valence-corrected chi connectivity index (χ3v) is 2.73. The van der Waals surface area contributed by atoms with E-state index in [0.29, 0.717) is 5.82 Å². The number of aryl methyl sites for hydroxylation is 1. The van der Waals surface area contributed by atoms with Crippen molar-refractivity contribution in [2.45, 2.75) is 13.3 Å². The molecule has 0 aliphatic rings. The second kappa shape index (κ2) is 5.34. The predicted octanol–water partition coefficient (Wildman–Crippen LogP) is 2.88. The van der Waals surface area contributed by atoms with E-state index in [0.717, 1.165) is 12.1 Å². The number of nitro groups is 1. The van der Waals surface area contributed by atoms with Crippen molar-refractivity contribution in [3.8, 4) is 0 Å². The van der Waals surface area contributed by atoms with Gasteiger partial charge in [0.05, 0.1) is 4.92 Å². The molecule has 0 saturated heterocycles. The summed E-state index contributed by atoms with van der Waals surface area (Å²) in [7, 11) is 0. The van der Waals surface area contributed by atoms with E-state index in [9.17, 15) is 10.1 Å². The minimum absolute atomic E-state index is 0.0971. The Kier molecular flexibility index (Phi) is 3.61. The molecule has 6 nitrogen and oxygen atoms in total. The molecule has 1 aromatic heterocycles.